The van der Waals surface area contributed by atoms with Crippen molar-refractivity contribution in [3.8, 4) is 0 Å². The zero-order valence-electron chi connectivity index (χ0n) is 6.21. The normalized spacial score (nSPS) is 10.7. The smallest absolute Gasteiger partial charge is 1.00 e. The van der Waals surface area contributed by atoms with Gasteiger partial charge in [-0.05, 0) is 0 Å². The Morgan fingerprint density at radius 1 is 1.09 bits per heavy atom. The molecule has 0 aromatic carbocycles. The average Bonchev–Trinajstić information content (AvgIpc) is 1.12. The maximum Gasteiger partial charge on any atom is 1.00 e. The monoisotopic (exact) mass is 193 g/mol. The van der Waals surface area contributed by atoms with Crippen LogP contribution in [0.25, 0.3) is 0 Å². The third kappa shape index (κ3) is 11000. The average molecular weight is 193 g/mol. The summed E-state index contributed by atoms with van der Waals surface area (Å²) >= 11 is 0. The van der Waals surface area contributed by atoms with Crippen molar-refractivity contribution in [1.29, 1.82) is 0 Å². The Morgan fingerprint density at radius 3 is 1.09 bits per heavy atom. The van der Waals surface area contributed by atoms with Crippen LogP contribution in [0.5, 0.6) is 0 Å². The molecule has 66 valence electrons. The van der Waals surface area contributed by atoms with Gasteiger partial charge in [-0.3, -0.25) is 9.11 Å². The maximum absolute atomic E-state index is 9.75. The molecule has 2 N–H and O–H groups in total. The molecule has 0 aliphatic rings. The maximum atomic E-state index is 9.75. The number of halogens is 4. The van der Waals surface area contributed by atoms with Crippen molar-refractivity contribution >= 4 is 17.7 Å². The Hall–Kier alpha value is 0.252. The van der Waals surface area contributed by atoms with Gasteiger partial charge in [0.15, 0.2) is 0 Å². The molecular formula is H3BF4LiO4S-. The predicted octanol–water partition coefficient (Wildman–Crippen LogP) is -2.24. The molecule has 0 atom stereocenters. The molecule has 0 aromatic rings. The van der Waals surface area contributed by atoms with E-state index >= 15 is 0 Å². The third-order valence-electron chi connectivity index (χ3n) is 0. The Balaban J connectivity index is -0.0000000457. The summed E-state index contributed by atoms with van der Waals surface area (Å²) in [6.07, 6.45) is 0. The summed E-state index contributed by atoms with van der Waals surface area (Å²) in [5.41, 5.74) is 0. The van der Waals surface area contributed by atoms with E-state index in [1.807, 2.05) is 0 Å². The summed E-state index contributed by atoms with van der Waals surface area (Å²) in [7, 11) is -10.7. The first kappa shape index (κ1) is 17.4. The van der Waals surface area contributed by atoms with Gasteiger partial charge in [-0.25, -0.2) is 0 Å². The molecule has 0 spiro atoms. The largest absolute Gasteiger partial charge is 1.00 e. The summed E-state index contributed by atoms with van der Waals surface area (Å²) in [5.74, 6) is 0. The van der Waals surface area contributed by atoms with Gasteiger partial charge in [0.25, 0.3) is 0 Å². The van der Waals surface area contributed by atoms with Gasteiger partial charge in [0, 0.05) is 0 Å². The molecule has 0 fully saturated rings. The van der Waals surface area contributed by atoms with Gasteiger partial charge < -0.3 is 18.7 Å². The van der Waals surface area contributed by atoms with Crippen LogP contribution in [0.3, 0.4) is 0 Å². The fraction of sp³-hybridized carbons (Fsp3) is 0. The van der Waals surface area contributed by atoms with Gasteiger partial charge in [0.1, 0.15) is 0 Å². The molecule has 0 aliphatic heterocycles. The minimum absolute atomic E-state index is 0. The van der Waals surface area contributed by atoms with Crippen molar-refractivity contribution in [2.45, 2.75) is 0 Å². The molecule has 0 bridgehead atoms. The van der Waals surface area contributed by atoms with Crippen LogP contribution in [0, 0.1) is 0 Å². The van der Waals surface area contributed by atoms with Crippen LogP contribution in [-0.2, 0) is 10.4 Å². The van der Waals surface area contributed by atoms with Crippen molar-refractivity contribution in [1.82, 2.24) is 0 Å². The van der Waals surface area contributed by atoms with Gasteiger partial charge in [-0.1, -0.05) is 0 Å². The molecule has 4 nitrogen and oxygen atoms in total. The van der Waals surface area contributed by atoms with Crippen LogP contribution in [0.4, 0.5) is 17.3 Å². The second-order valence-corrected chi connectivity index (χ2v) is 1.84. The molecule has 0 unspecified atom stereocenters. The summed E-state index contributed by atoms with van der Waals surface area (Å²) < 4.78 is 70.6. The summed E-state index contributed by atoms with van der Waals surface area (Å²) in [6.45, 7) is 0. The van der Waals surface area contributed by atoms with E-state index in [2.05, 4.69) is 0 Å². The number of rotatable bonds is 0. The van der Waals surface area contributed by atoms with Crippen molar-refractivity contribution in [3.05, 3.63) is 0 Å². The molecule has 11 heteroatoms. The zero-order chi connectivity index (χ0) is 9.00. The molecule has 0 aromatic heterocycles. The van der Waals surface area contributed by atoms with Gasteiger partial charge >= 0.3 is 36.5 Å². The first-order chi connectivity index (χ1) is 4.00. The van der Waals surface area contributed by atoms with Gasteiger partial charge in [0.05, 0.1) is 0 Å². The molecule has 0 saturated heterocycles. The fourth-order valence-corrected chi connectivity index (χ4v) is 0. The van der Waals surface area contributed by atoms with Crippen LogP contribution in [-0.4, -0.2) is 24.8 Å². The Labute approximate surface area is 73.3 Å². The third-order valence-corrected chi connectivity index (χ3v) is 0. The number of hydrogen-bond acceptors (Lipinski definition) is 2. The Morgan fingerprint density at radius 2 is 1.09 bits per heavy atom. The van der Waals surface area contributed by atoms with E-state index in [0.717, 1.165) is 0 Å². The minimum atomic E-state index is -6.00. The topological polar surface area (TPSA) is 74.6 Å². The van der Waals surface area contributed by atoms with Crippen molar-refractivity contribution in [2.24, 2.45) is 0 Å². The van der Waals surface area contributed by atoms with Crippen LogP contribution >= 0.6 is 0 Å². The quantitative estimate of drug-likeness (QED) is 0.259. The Bertz CT molecular complexity index is 162. The van der Waals surface area contributed by atoms with E-state index in [4.69, 9.17) is 17.5 Å². The molecule has 0 radical (unpaired) electrons. The second-order valence-electron chi connectivity index (χ2n) is 0.943. The van der Waals surface area contributed by atoms with Crippen LogP contribution < -0.4 is 18.9 Å². The first-order valence-corrected chi connectivity index (χ1v) is 2.97. The molecule has 0 saturated carbocycles. The van der Waals surface area contributed by atoms with E-state index in [-0.39, 0.29) is 20.3 Å². The first-order valence-electron chi connectivity index (χ1n) is 1.57. The molecule has 11 heavy (non-hydrogen) atoms. The summed E-state index contributed by atoms with van der Waals surface area (Å²) in [5, 5.41) is 0. The van der Waals surface area contributed by atoms with E-state index < -0.39 is 17.7 Å². The van der Waals surface area contributed by atoms with Crippen LogP contribution in [0.2, 0.25) is 0 Å². The van der Waals surface area contributed by atoms with Crippen LogP contribution in [0.1, 0.15) is 1.43 Å². The van der Waals surface area contributed by atoms with Gasteiger partial charge in [-0.15, -0.1) is 0 Å². The van der Waals surface area contributed by atoms with E-state index in [9.17, 15) is 17.3 Å². The number of hydrogen-bond donors (Lipinski definition) is 2. The van der Waals surface area contributed by atoms with E-state index in [1.165, 1.54) is 0 Å². The van der Waals surface area contributed by atoms with Crippen molar-refractivity contribution in [2.75, 3.05) is 0 Å². The Kier molecular flexibility index (Phi) is 9.23. The summed E-state index contributed by atoms with van der Waals surface area (Å²) in [4.78, 5) is 0. The second kappa shape index (κ2) is 5.85. The van der Waals surface area contributed by atoms with Gasteiger partial charge in [0.2, 0.25) is 0 Å². The predicted molar refractivity (Wildman–Crippen MR) is 25.5 cm³/mol. The van der Waals surface area contributed by atoms with Crippen molar-refractivity contribution in [3.63, 3.8) is 0 Å². The zero-order valence-corrected chi connectivity index (χ0v) is 6.02. The van der Waals surface area contributed by atoms with E-state index in [0.29, 0.717) is 0 Å². The minimum Gasteiger partial charge on any atom is -1.00 e. The molecule has 0 amide bonds. The summed E-state index contributed by atoms with van der Waals surface area (Å²) in [6, 6.07) is 0. The molecule has 0 heterocycles. The van der Waals surface area contributed by atoms with Crippen LogP contribution in [0.15, 0.2) is 0 Å². The molecule has 0 aliphatic carbocycles. The fourth-order valence-electron chi connectivity index (χ4n) is 0. The molecular weight excluding hydrogens is 190 g/mol. The molecule has 0 rings (SSSR count). The van der Waals surface area contributed by atoms with E-state index in [1.54, 1.807) is 0 Å². The van der Waals surface area contributed by atoms with Crippen molar-refractivity contribution < 1.29 is 55.1 Å². The SMILES string of the molecule is F[B-](F)(F)F.O=S(=O)(O)O.[H-].[Li+]. The standard InChI is InChI=1S/BF4.Li.H2O4S.H/c2-1(3,4)5;;1-5(2,3)4;/h;;(H2,1,2,3,4);/q-1;+1;;-1. The van der Waals surface area contributed by atoms with Gasteiger partial charge in [-0.2, -0.15) is 8.42 Å².